The largest absolute Gasteiger partial charge is 0.383 e. The fraction of sp³-hybridized carbons (Fsp3) is 0.400. The van der Waals surface area contributed by atoms with Gasteiger partial charge in [-0.15, -0.1) is 0 Å². The Labute approximate surface area is 204 Å². The van der Waals surface area contributed by atoms with E-state index in [0.29, 0.717) is 35.5 Å². The molecule has 0 spiro atoms. The van der Waals surface area contributed by atoms with E-state index in [1.54, 1.807) is 25.6 Å². The van der Waals surface area contributed by atoms with Crippen molar-refractivity contribution in [1.29, 1.82) is 0 Å². The second kappa shape index (κ2) is 9.46. The highest BCUT2D eigenvalue weighted by atomic mass is 16.5. The van der Waals surface area contributed by atoms with E-state index in [1.807, 2.05) is 18.2 Å². The number of morpholine rings is 1. The Bertz CT molecular complexity index is 1280. The number of nitrogens with two attached hydrogens (primary N) is 1. The number of hydrogen-bond donors (Lipinski definition) is 3. The van der Waals surface area contributed by atoms with E-state index < -0.39 is 0 Å². The predicted molar refractivity (Wildman–Crippen MR) is 137 cm³/mol. The standard InChI is InChI=1S/C25H30N8O2/c1-14-8-17(14)25(34)32-22-9-18-19(11-30-24(27-3)20(18)12-29-22)23(26)31-21-5-4-16(10-28-21)33-6-7-35-15(2)13-33/h4-5,9-12,14-15,17H,6-8,13H2,1-3H3,(H,27,30)(H2,26,28,31)(H,29,32,34)/t14-,15-,17+/m1/s1. The summed E-state index contributed by atoms with van der Waals surface area (Å²) in [7, 11) is 1.80. The summed E-state index contributed by atoms with van der Waals surface area (Å²) < 4.78 is 5.62. The number of amides is 1. The molecular weight excluding hydrogens is 444 g/mol. The average Bonchev–Trinajstić information content (AvgIpc) is 3.60. The third-order valence-electron chi connectivity index (χ3n) is 6.56. The number of pyridine rings is 3. The first kappa shape index (κ1) is 23.0. The van der Waals surface area contributed by atoms with Crippen molar-refractivity contribution in [1.82, 2.24) is 15.0 Å². The molecule has 2 aliphatic rings. The lowest BCUT2D eigenvalue weighted by Gasteiger charge is -2.32. The minimum absolute atomic E-state index is 0.00520. The molecule has 0 radical (unpaired) electrons. The quantitative estimate of drug-likeness (QED) is 0.367. The van der Waals surface area contributed by atoms with Gasteiger partial charge in [0.25, 0.3) is 0 Å². The molecule has 5 rings (SSSR count). The molecule has 0 unspecified atom stereocenters. The molecule has 182 valence electrons. The topological polar surface area (TPSA) is 131 Å². The van der Waals surface area contributed by atoms with Crippen LogP contribution in [-0.4, -0.2) is 59.5 Å². The highest BCUT2D eigenvalue weighted by molar-refractivity contribution is 6.12. The van der Waals surface area contributed by atoms with Crippen LogP contribution in [0.3, 0.4) is 0 Å². The van der Waals surface area contributed by atoms with Crippen molar-refractivity contribution in [3.63, 3.8) is 0 Å². The maximum absolute atomic E-state index is 12.4. The summed E-state index contributed by atoms with van der Waals surface area (Å²) in [6, 6.07) is 5.66. The number of amidine groups is 1. The van der Waals surface area contributed by atoms with Gasteiger partial charge in [0.2, 0.25) is 5.91 Å². The van der Waals surface area contributed by atoms with Gasteiger partial charge in [-0.3, -0.25) is 4.79 Å². The molecule has 1 aliphatic carbocycles. The van der Waals surface area contributed by atoms with Gasteiger partial charge in [-0.25, -0.2) is 19.9 Å². The Kier molecular flexibility index (Phi) is 6.21. The number of nitrogens with one attached hydrogen (secondary N) is 2. The molecule has 1 amide bonds. The summed E-state index contributed by atoms with van der Waals surface area (Å²) in [6.45, 7) is 6.50. The molecule has 1 saturated carbocycles. The molecule has 0 aromatic carbocycles. The predicted octanol–water partition coefficient (Wildman–Crippen LogP) is 2.92. The molecule has 4 N–H and O–H groups in total. The second-order valence-corrected chi connectivity index (χ2v) is 9.19. The molecule has 3 atom stereocenters. The summed E-state index contributed by atoms with van der Waals surface area (Å²) in [5.41, 5.74) is 8.10. The van der Waals surface area contributed by atoms with Crippen LogP contribution in [0.15, 0.2) is 41.8 Å². The number of ether oxygens (including phenoxy) is 1. The number of aliphatic imine (C=N–C) groups is 1. The van der Waals surface area contributed by atoms with Crippen LogP contribution in [0.1, 0.15) is 25.8 Å². The van der Waals surface area contributed by atoms with E-state index in [2.05, 4.69) is 49.3 Å². The minimum atomic E-state index is -0.00520. The van der Waals surface area contributed by atoms with Crippen LogP contribution in [0.25, 0.3) is 10.8 Å². The number of aromatic nitrogens is 3. The zero-order valence-corrected chi connectivity index (χ0v) is 20.2. The highest BCUT2D eigenvalue weighted by Gasteiger charge is 2.39. The lowest BCUT2D eigenvalue weighted by Crippen LogP contribution is -2.41. The Morgan fingerprint density at radius 1 is 1.17 bits per heavy atom. The molecule has 1 saturated heterocycles. The van der Waals surface area contributed by atoms with Crippen LogP contribution < -0.4 is 21.3 Å². The Morgan fingerprint density at radius 2 is 2.00 bits per heavy atom. The van der Waals surface area contributed by atoms with E-state index in [9.17, 15) is 4.79 Å². The number of anilines is 3. The van der Waals surface area contributed by atoms with Gasteiger partial charge in [-0.1, -0.05) is 6.92 Å². The molecule has 1 aliphatic heterocycles. The number of fused-ring (bicyclic) bond motifs is 1. The van der Waals surface area contributed by atoms with Gasteiger partial charge in [0.15, 0.2) is 5.82 Å². The van der Waals surface area contributed by atoms with Crippen molar-refractivity contribution in [3.8, 4) is 0 Å². The van der Waals surface area contributed by atoms with Crippen molar-refractivity contribution in [2.75, 3.05) is 42.3 Å². The van der Waals surface area contributed by atoms with Crippen molar-refractivity contribution >= 4 is 45.7 Å². The monoisotopic (exact) mass is 474 g/mol. The summed E-state index contributed by atoms with van der Waals surface area (Å²) in [6.07, 6.45) is 6.27. The minimum Gasteiger partial charge on any atom is -0.383 e. The van der Waals surface area contributed by atoms with Crippen molar-refractivity contribution < 1.29 is 9.53 Å². The Hall–Kier alpha value is -3.79. The molecule has 10 heteroatoms. The Balaban J connectivity index is 1.43. The van der Waals surface area contributed by atoms with Gasteiger partial charge < -0.3 is 26.0 Å². The van der Waals surface area contributed by atoms with Gasteiger partial charge in [-0.05, 0) is 37.5 Å². The Morgan fingerprint density at radius 3 is 2.69 bits per heavy atom. The molecule has 4 heterocycles. The number of carbonyl (C=O) groups is 1. The van der Waals surface area contributed by atoms with Crippen molar-refractivity contribution in [3.05, 3.63) is 42.4 Å². The van der Waals surface area contributed by atoms with Crippen molar-refractivity contribution in [2.24, 2.45) is 22.6 Å². The third kappa shape index (κ3) is 4.88. The normalized spacial score (nSPS) is 22.2. The van der Waals surface area contributed by atoms with E-state index in [4.69, 9.17) is 10.5 Å². The molecule has 3 aromatic heterocycles. The smallest absolute Gasteiger partial charge is 0.228 e. The molecule has 35 heavy (non-hydrogen) atoms. The van der Waals surface area contributed by atoms with E-state index >= 15 is 0 Å². The van der Waals surface area contributed by atoms with Crippen LogP contribution in [-0.2, 0) is 9.53 Å². The number of carbonyl (C=O) groups excluding carboxylic acids is 1. The van der Waals surface area contributed by atoms with Gasteiger partial charge in [0, 0.05) is 54.8 Å². The first-order valence-corrected chi connectivity index (χ1v) is 11.9. The van der Waals surface area contributed by atoms with Crippen LogP contribution in [0, 0.1) is 11.8 Å². The summed E-state index contributed by atoms with van der Waals surface area (Å²) >= 11 is 0. The molecule has 3 aromatic rings. The van der Waals surface area contributed by atoms with Gasteiger partial charge in [0.05, 0.1) is 24.6 Å². The fourth-order valence-electron chi connectivity index (χ4n) is 4.38. The first-order chi connectivity index (χ1) is 16.9. The number of hydrogen-bond acceptors (Lipinski definition) is 8. The van der Waals surface area contributed by atoms with Gasteiger partial charge in [-0.2, -0.15) is 0 Å². The van der Waals surface area contributed by atoms with Crippen LogP contribution in [0.2, 0.25) is 0 Å². The molecule has 0 bridgehead atoms. The van der Waals surface area contributed by atoms with E-state index in [0.717, 1.165) is 36.0 Å². The summed E-state index contributed by atoms with van der Waals surface area (Å²) in [5, 5.41) is 7.57. The number of nitrogens with zero attached hydrogens (tertiary/aromatic N) is 5. The molecule has 10 nitrogen and oxygen atoms in total. The maximum atomic E-state index is 12.4. The molecular formula is C25H30N8O2. The lowest BCUT2D eigenvalue weighted by molar-refractivity contribution is -0.117. The first-order valence-electron chi connectivity index (χ1n) is 11.9. The van der Waals surface area contributed by atoms with E-state index in [-0.39, 0.29) is 23.8 Å². The van der Waals surface area contributed by atoms with Crippen LogP contribution in [0.5, 0.6) is 0 Å². The fourth-order valence-corrected chi connectivity index (χ4v) is 4.38. The SMILES string of the molecule is CNc1ncc(C(N)=Nc2ccc(N3CCO[C@H](C)C3)cn2)c2cc(NC(=O)[C@H]3C[C@H]3C)ncc12. The van der Waals surface area contributed by atoms with Crippen LogP contribution in [0.4, 0.5) is 23.1 Å². The average molecular weight is 475 g/mol. The molecule has 2 fully saturated rings. The van der Waals surface area contributed by atoms with Gasteiger partial charge in [0.1, 0.15) is 17.5 Å². The number of rotatable bonds is 6. The summed E-state index contributed by atoms with van der Waals surface area (Å²) in [4.78, 5) is 32.6. The van der Waals surface area contributed by atoms with Crippen LogP contribution >= 0.6 is 0 Å². The maximum Gasteiger partial charge on any atom is 0.228 e. The van der Waals surface area contributed by atoms with Crippen molar-refractivity contribution in [2.45, 2.75) is 26.4 Å². The summed E-state index contributed by atoms with van der Waals surface area (Å²) in [5.74, 6) is 2.40. The second-order valence-electron chi connectivity index (χ2n) is 9.19. The van der Waals surface area contributed by atoms with E-state index in [1.165, 1.54) is 0 Å². The highest BCUT2D eigenvalue weighted by Crippen LogP contribution is 2.38. The lowest BCUT2D eigenvalue weighted by atomic mass is 10.1. The third-order valence-corrected chi connectivity index (χ3v) is 6.56. The van der Waals surface area contributed by atoms with Gasteiger partial charge >= 0.3 is 0 Å². The zero-order chi connectivity index (χ0) is 24.5. The zero-order valence-electron chi connectivity index (χ0n) is 20.2.